The molecule has 0 radical (unpaired) electrons. The second kappa shape index (κ2) is 8.66. The monoisotopic (exact) mass is 434 g/mol. The quantitative estimate of drug-likeness (QED) is 0.345. The summed E-state index contributed by atoms with van der Waals surface area (Å²) < 4.78 is 49.3. The number of benzene rings is 2. The Morgan fingerprint density at radius 2 is 1.77 bits per heavy atom. The fourth-order valence-corrected chi connectivity index (χ4v) is 3.25. The molecule has 1 heterocycles. The maximum atomic E-state index is 13.5. The summed E-state index contributed by atoms with van der Waals surface area (Å²) in [5.41, 5.74) is 0.362. The highest BCUT2D eigenvalue weighted by Crippen LogP contribution is 2.32. The predicted octanol–water partition coefficient (Wildman–Crippen LogP) is 4.66. The molecule has 0 aliphatic rings. The molecule has 9 heteroatoms. The Morgan fingerprint density at radius 1 is 1.10 bits per heavy atom. The van der Waals surface area contributed by atoms with E-state index in [2.05, 4.69) is 5.32 Å². The molecule has 1 N–H and O–H groups in total. The van der Waals surface area contributed by atoms with Crippen molar-refractivity contribution in [3.63, 3.8) is 0 Å². The van der Waals surface area contributed by atoms with Crippen molar-refractivity contribution in [3.8, 4) is 5.75 Å². The number of rotatable bonds is 6. The zero-order valence-corrected chi connectivity index (χ0v) is 17.1. The summed E-state index contributed by atoms with van der Waals surface area (Å²) in [6.07, 6.45) is 0. The molecule has 0 saturated heterocycles. The van der Waals surface area contributed by atoms with E-state index >= 15 is 0 Å². The standard InChI is InChI=1S/C21H18F2NO5S/c1-10(24-15-5-13(22)4-14(23)6-15)17-7-16(28-12(3)25)8-18-19(26)9-20(11(2)30-27)29-21(17)18/h4-11,24H,1-3H3/q+1. The molecule has 0 spiro atoms. The minimum absolute atomic E-state index is 0.121. The molecule has 0 fully saturated rings. The van der Waals surface area contributed by atoms with Gasteiger partial charge in [0.1, 0.15) is 23.0 Å². The summed E-state index contributed by atoms with van der Waals surface area (Å²) in [4.78, 5) is 24.1. The predicted molar refractivity (Wildman–Crippen MR) is 109 cm³/mol. The van der Waals surface area contributed by atoms with Crippen molar-refractivity contribution in [2.45, 2.75) is 32.1 Å². The van der Waals surface area contributed by atoms with E-state index in [1.54, 1.807) is 13.8 Å². The molecule has 3 rings (SSSR count). The van der Waals surface area contributed by atoms with Gasteiger partial charge in [0.15, 0.2) is 11.2 Å². The van der Waals surface area contributed by atoms with Crippen LogP contribution in [0.3, 0.4) is 0 Å². The van der Waals surface area contributed by atoms with Crippen molar-refractivity contribution in [3.05, 3.63) is 69.6 Å². The van der Waals surface area contributed by atoms with E-state index in [0.717, 1.165) is 18.2 Å². The summed E-state index contributed by atoms with van der Waals surface area (Å²) in [6.45, 7) is 4.51. The van der Waals surface area contributed by atoms with Gasteiger partial charge in [0.25, 0.3) is 5.25 Å². The minimum atomic E-state index is -0.752. The average molecular weight is 434 g/mol. The van der Waals surface area contributed by atoms with Crippen LogP contribution in [0.25, 0.3) is 11.0 Å². The summed E-state index contributed by atoms with van der Waals surface area (Å²) in [7, 11) is 0. The molecule has 2 aromatic carbocycles. The average Bonchev–Trinajstić information content (AvgIpc) is 2.65. The summed E-state index contributed by atoms with van der Waals surface area (Å²) >= 11 is 0.276. The van der Waals surface area contributed by atoms with E-state index in [-0.39, 0.29) is 39.8 Å². The Bertz CT molecular complexity index is 1170. The van der Waals surface area contributed by atoms with Crippen molar-refractivity contribution in [2.24, 2.45) is 0 Å². The number of fused-ring (bicyclic) bond motifs is 1. The van der Waals surface area contributed by atoms with Crippen LogP contribution in [-0.4, -0.2) is 5.97 Å². The van der Waals surface area contributed by atoms with Gasteiger partial charge in [0.2, 0.25) is 0 Å². The van der Waals surface area contributed by atoms with Crippen LogP contribution in [0.5, 0.6) is 5.75 Å². The highest BCUT2D eigenvalue weighted by molar-refractivity contribution is 7.65. The Balaban J connectivity index is 2.17. The van der Waals surface area contributed by atoms with Crippen LogP contribution in [-0.2, 0) is 20.7 Å². The van der Waals surface area contributed by atoms with Gasteiger partial charge in [-0.25, -0.2) is 8.78 Å². The van der Waals surface area contributed by atoms with Gasteiger partial charge in [0, 0.05) is 41.4 Å². The van der Waals surface area contributed by atoms with Gasteiger partial charge in [-0.3, -0.25) is 9.59 Å². The molecule has 0 aliphatic carbocycles. The number of carbonyl (C=O) groups is 1. The third-order valence-corrected chi connectivity index (χ3v) is 4.89. The van der Waals surface area contributed by atoms with Gasteiger partial charge in [-0.05, 0) is 31.2 Å². The Labute approximate surface area is 174 Å². The van der Waals surface area contributed by atoms with Crippen molar-refractivity contribution in [1.82, 2.24) is 0 Å². The van der Waals surface area contributed by atoms with Gasteiger partial charge >= 0.3 is 17.6 Å². The zero-order chi connectivity index (χ0) is 22.0. The molecule has 1 aromatic heterocycles. The van der Waals surface area contributed by atoms with E-state index in [1.807, 2.05) is 0 Å². The molecular weight excluding hydrogens is 416 g/mol. The summed E-state index contributed by atoms with van der Waals surface area (Å²) in [5, 5.41) is 2.49. The molecule has 6 nitrogen and oxygen atoms in total. The van der Waals surface area contributed by atoms with E-state index < -0.39 is 34.3 Å². The van der Waals surface area contributed by atoms with Crippen LogP contribution in [0.2, 0.25) is 0 Å². The molecule has 156 valence electrons. The normalized spacial score (nSPS) is 13.0. The number of carbonyl (C=O) groups excluding carboxylic acids is 1. The lowest BCUT2D eigenvalue weighted by atomic mass is 10.0. The first-order valence-electron chi connectivity index (χ1n) is 8.99. The number of ether oxygens (including phenoxy) is 1. The van der Waals surface area contributed by atoms with Crippen LogP contribution >= 0.6 is 0 Å². The second-order valence-corrected chi connectivity index (χ2v) is 7.66. The first-order valence-corrected chi connectivity index (χ1v) is 9.79. The van der Waals surface area contributed by atoms with Gasteiger partial charge in [-0.2, -0.15) is 0 Å². The van der Waals surface area contributed by atoms with Gasteiger partial charge in [-0.1, -0.05) is 0 Å². The summed E-state index contributed by atoms with van der Waals surface area (Å²) in [6, 6.07) is 6.49. The Morgan fingerprint density at radius 3 is 2.37 bits per heavy atom. The lowest BCUT2D eigenvalue weighted by Crippen LogP contribution is -2.12. The van der Waals surface area contributed by atoms with E-state index in [9.17, 15) is 22.6 Å². The molecule has 0 amide bonds. The maximum absolute atomic E-state index is 13.5. The molecule has 0 aliphatic heterocycles. The smallest absolute Gasteiger partial charge is 0.454 e. The summed E-state index contributed by atoms with van der Waals surface area (Å²) in [5.74, 6) is -1.77. The van der Waals surface area contributed by atoms with Crippen LogP contribution in [0.1, 0.15) is 43.4 Å². The van der Waals surface area contributed by atoms with E-state index in [0.29, 0.717) is 5.56 Å². The number of anilines is 1. The number of hydrogen-bond acceptors (Lipinski definition) is 6. The SMILES string of the molecule is CC(=O)Oc1cc(C(C)Nc2cc(F)cc(F)c2)c2oc(C(C)[S+]=O)cc(=O)c2c1. The minimum Gasteiger partial charge on any atom is -0.454 e. The molecule has 0 saturated carbocycles. The van der Waals surface area contributed by atoms with E-state index in [1.165, 1.54) is 25.1 Å². The third kappa shape index (κ3) is 4.68. The third-order valence-electron chi connectivity index (χ3n) is 4.37. The Hall–Kier alpha value is -3.20. The van der Waals surface area contributed by atoms with Crippen LogP contribution in [0.15, 0.2) is 45.6 Å². The maximum Gasteiger partial charge on any atom is 0.470 e. The molecule has 2 unspecified atom stereocenters. The highest BCUT2D eigenvalue weighted by Gasteiger charge is 2.24. The second-order valence-electron chi connectivity index (χ2n) is 6.76. The molecule has 3 aromatic rings. The van der Waals surface area contributed by atoms with Crippen molar-refractivity contribution in [1.29, 1.82) is 0 Å². The first kappa shape index (κ1) is 21.5. The van der Waals surface area contributed by atoms with E-state index in [4.69, 9.17) is 9.15 Å². The fourth-order valence-electron chi connectivity index (χ4n) is 3.03. The largest absolute Gasteiger partial charge is 0.470 e. The van der Waals surface area contributed by atoms with Crippen LogP contribution in [0.4, 0.5) is 14.5 Å². The fraction of sp³-hybridized carbons (Fsp3) is 0.238. The van der Waals surface area contributed by atoms with Crippen molar-refractivity contribution in [2.75, 3.05) is 5.32 Å². The van der Waals surface area contributed by atoms with Crippen LogP contribution in [0, 0.1) is 11.6 Å². The lowest BCUT2D eigenvalue weighted by Gasteiger charge is -2.18. The number of hydrogen-bond donors (Lipinski definition) is 1. The first-order chi connectivity index (χ1) is 14.2. The topological polar surface area (TPSA) is 85.6 Å². The highest BCUT2D eigenvalue weighted by atomic mass is 32.1. The van der Waals surface area contributed by atoms with Gasteiger partial charge in [0.05, 0.1) is 11.4 Å². The number of esters is 1. The lowest BCUT2D eigenvalue weighted by molar-refractivity contribution is -0.131. The molecule has 0 bridgehead atoms. The van der Waals surface area contributed by atoms with Crippen LogP contribution < -0.4 is 15.5 Å². The molecular formula is C21H18F2NO5S+. The van der Waals surface area contributed by atoms with Crippen molar-refractivity contribution < 1.29 is 26.9 Å². The number of nitrogens with one attached hydrogen (secondary N) is 1. The number of halogens is 2. The Kier molecular flexibility index (Phi) is 6.21. The van der Waals surface area contributed by atoms with Crippen molar-refractivity contribution >= 4 is 34.3 Å². The van der Waals surface area contributed by atoms with Gasteiger partial charge in [-0.15, -0.1) is 0 Å². The zero-order valence-electron chi connectivity index (χ0n) is 16.3. The van der Waals surface area contributed by atoms with Gasteiger partial charge < -0.3 is 14.5 Å². The molecule has 2 atom stereocenters. The molecule has 30 heavy (non-hydrogen) atoms.